The largest absolute Gasteiger partial charge is 0.306 e. The van der Waals surface area contributed by atoms with Gasteiger partial charge < -0.3 is 5.32 Å². The Labute approximate surface area is 79.3 Å². The predicted molar refractivity (Wildman–Crippen MR) is 52.2 cm³/mol. The van der Waals surface area contributed by atoms with Gasteiger partial charge in [0.2, 0.25) is 0 Å². The molecular formula is C9H18N4. The van der Waals surface area contributed by atoms with Gasteiger partial charge in [-0.2, -0.15) is 0 Å². The number of hydrogen-bond acceptors (Lipinski definition) is 3. The summed E-state index contributed by atoms with van der Waals surface area (Å²) in [5.74, 6) is 0. The van der Waals surface area contributed by atoms with Crippen molar-refractivity contribution in [1.82, 2.24) is 20.3 Å². The standard InChI is InChI=1S/C9H18N4/c1-5-9(2,3)10-6-8-7-11-12-13(8)4/h7,10H,5-6H2,1-4H3. The van der Waals surface area contributed by atoms with Crippen molar-refractivity contribution < 1.29 is 0 Å². The van der Waals surface area contributed by atoms with E-state index in [9.17, 15) is 0 Å². The zero-order chi connectivity index (χ0) is 9.90. The molecule has 4 nitrogen and oxygen atoms in total. The topological polar surface area (TPSA) is 42.7 Å². The molecule has 1 heterocycles. The van der Waals surface area contributed by atoms with Gasteiger partial charge in [0, 0.05) is 19.1 Å². The molecule has 1 N–H and O–H groups in total. The molecule has 0 amide bonds. The highest BCUT2D eigenvalue weighted by molar-refractivity contribution is 4.94. The fourth-order valence-electron chi connectivity index (χ4n) is 0.926. The monoisotopic (exact) mass is 182 g/mol. The van der Waals surface area contributed by atoms with Gasteiger partial charge in [-0.1, -0.05) is 12.1 Å². The van der Waals surface area contributed by atoms with Crippen LogP contribution in [0.3, 0.4) is 0 Å². The molecule has 4 heteroatoms. The van der Waals surface area contributed by atoms with Crippen LogP contribution in [0, 0.1) is 0 Å². The molecule has 1 rings (SSSR count). The predicted octanol–water partition coefficient (Wildman–Crippen LogP) is 1.09. The molecule has 0 aliphatic carbocycles. The van der Waals surface area contributed by atoms with Crippen LogP contribution in [-0.4, -0.2) is 20.5 Å². The van der Waals surface area contributed by atoms with E-state index in [-0.39, 0.29) is 5.54 Å². The minimum Gasteiger partial charge on any atom is -0.306 e. The number of nitrogens with one attached hydrogen (secondary N) is 1. The number of nitrogens with zero attached hydrogens (tertiary/aromatic N) is 3. The SMILES string of the molecule is CCC(C)(C)NCc1cnnn1C. The zero-order valence-corrected chi connectivity index (χ0v) is 8.83. The highest BCUT2D eigenvalue weighted by atomic mass is 15.4. The van der Waals surface area contributed by atoms with Crippen LogP contribution < -0.4 is 5.32 Å². The first-order chi connectivity index (χ1) is 6.05. The first-order valence-electron chi connectivity index (χ1n) is 4.64. The Morgan fingerprint density at radius 3 is 2.69 bits per heavy atom. The number of rotatable bonds is 4. The molecule has 0 saturated heterocycles. The van der Waals surface area contributed by atoms with Gasteiger partial charge in [-0.15, -0.1) is 5.10 Å². The lowest BCUT2D eigenvalue weighted by atomic mass is 10.0. The summed E-state index contributed by atoms with van der Waals surface area (Å²) in [6.07, 6.45) is 2.90. The average Bonchev–Trinajstić information content (AvgIpc) is 2.48. The molecule has 0 bridgehead atoms. The Morgan fingerprint density at radius 1 is 1.54 bits per heavy atom. The number of aryl methyl sites for hydroxylation is 1. The van der Waals surface area contributed by atoms with Gasteiger partial charge in [-0.05, 0) is 20.3 Å². The normalized spacial score (nSPS) is 12.0. The van der Waals surface area contributed by atoms with Gasteiger partial charge in [-0.25, -0.2) is 0 Å². The second kappa shape index (κ2) is 3.87. The lowest BCUT2D eigenvalue weighted by Gasteiger charge is -2.24. The molecule has 0 radical (unpaired) electrons. The zero-order valence-electron chi connectivity index (χ0n) is 8.83. The molecular weight excluding hydrogens is 164 g/mol. The van der Waals surface area contributed by atoms with E-state index in [2.05, 4.69) is 36.4 Å². The summed E-state index contributed by atoms with van der Waals surface area (Å²) in [6, 6.07) is 0. The van der Waals surface area contributed by atoms with Crippen LogP contribution in [0.15, 0.2) is 6.20 Å². The smallest absolute Gasteiger partial charge is 0.0738 e. The first-order valence-corrected chi connectivity index (χ1v) is 4.64. The molecule has 0 aromatic carbocycles. The van der Waals surface area contributed by atoms with Crippen LogP contribution in [0.25, 0.3) is 0 Å². The number of aromatic nitrogens is 3. The molecule has 0 aliphatic heterocycles. The van der Waals surface area contributed by atoms with E-state index in [0.29, 0.717) is 0 Å². The van der Waals surface area contributed by atoms with Gasteiger partial charge in [0.25, 0.3) is 0 Å². The highest BCUT2D eigenvalue weighted by Gasteiger charge is 2.14. The van der Waals surface area contributed by atoms with Gasteiger partial charge in [0.05, 0.1) is 11.9 Å². The van der Waals surface area contributed by atoms with Crippen LogP contribution in [-0.2, 0) is 13.6 Å². The third-order valence-corrected chi connectivity index (χ3v) is 2.44. The highest BCUT2D eigenvalue weighted by Crippen LogP contribution is 2.07. The molecule has 0 saturated carbocycles. The van der Waals surface area contributed by atoms with Gasteiger partial charge in [0.15, 0.2) is 0 Å². The van der Waals surface area contributed by atoms with Crippen molar-refractivity contribution in [3.8, 4) is 0 Å². The van der Waals surface area contributed by atoms with Gasteiger partial charge in [-0.3, -0.25) is 4.68 Å². The lowest BCUT2D eigenvalue weighted by Crippen LogP contribution is -2.38. The second-order valence-electron chi connectivity index (χ2n) is 3.94. The van der Waals surface area contributed by atoms with Gasteiger partial charge >= 0.3 is 0 Å². The van der Waals surface area contributed by atoms with E-state index >= 15 is 0 Å². The molecule has 13 heavy (non-hydrogen) atoms. The molecule has 0 unspecified atom stereocenters. The molecule has 1 aromatic heterocycles. The van der Waals surface area contributed by atoms with E-state index in [1.54, 1.807) is 10.9 Å². The fourth-order valence-corrected chi connectivity index (χ4v) is 0.926. The minimum atomic E-state index is 0.185. The molecule has 0 fully saturated rings. The van der Waals surface area contributed by atoms with Crippen molar-refractivity contribution in [2.45, 2.75) is 39.3 Å². The minimum absolute atomic E-state index is 0.185. The maximum Gasteiger partial charge on any atom is 0.0738 e. The molecule has 1 aromatic rings. The van der Waals surface area contributed by atoms with Crippen LogP contribution in [0.2, 0.25) is 0 Å². The maximum absolute atomic E-state index is 3.87. The first kappa shape index (κ1) is 10.2. The lowest BCUT2D eigenvalue weighted by molar-refractivity contribution is 0.369. The molecule has 74 valence electrons. The average molecular weight is 182 g/mol. The van der Waals surface area contributed by atoms with Crippen molar-refractivity contribution in [3.05, 3.63) is 11.9 Å². The van der Waals surface area contributed by atoms with Gasteiger partial charge in [0.1, 0.15) is 0 Å². The van der Waals surface area contributed by atoms with E-state index in [1.165, 1.54) is 0 Å². The summed E-state index contributed by atoms with van der Waals surface area (Å²) in [4.78, 5) is 0. The molecule has 0 aliphatic rings. The third kappa shape index (κ3) is 2.81. The summed E-state index contributed by atoms with van der Waals surface area (Å²) in [6.45, 7) is 7.38. The Hall–Kier alpha value is -0.900. The second-order valence-corrected chi connectivity index (χ2v) is 3.94. The van der Waals surface area contributed by atoms with Crippen molar-refractivity contribution in [3.63, 3.8) is 0 Å². The number of hydrogen-bond donors (Lipinski definition) is 1. The van der Waals surface area contributed by atoms with Crippen LogP contribution in [0.4, 0.5) is 0 Å². The third-order valence-electron chi connectivity index (χ3n) is 2.44. The van der Waals surface area contributed by atoms with E-state index in [1.807, 2.05) is 7.05 Å². The van der Waals surface area contributed by atoms with Crippen molar-refractivity contribution >= 4 is 0 Å². The summed E-state index contributed by atoms with van der Waals surface area (Å²) in [5.41, 5.74) is 1.30. The summed E-state index contributed by atoms with van der Waals surface area (Å²) < 4.78 is 1.79. The van der Waals surface area contributed by atoms with Crippen molar-refractivity contribution in [2.24, 2.45) is 7.05 Å². The van der Waals surface area contributed by atoms with E-state index < -0.39 is 0 Å². The Morgan fingerprint density at radius 2 is 2.23 bits per heavy atom. The van der Waals surface area contributed by atoms with E-state index in [4.69, 9.17) is 0 Å². The van der Waals surface area contributed by atoms with Crippen LogP contribution in [0.5, 0.6) is 0 Å². The summed E-state index contributed by atoms with van der Waals surface area (Å²) >= 11 is 0. The molecule has 0 spiro atoms. The fraction of sp³-hybridized carbons (Fsp3) is 0.778. The summed E-state index contributed by atoms with van der Waals surface area (Å²) in [5, 5.41) is 11.1. The summed E-state index contributed by atoms with van der Waals surface area (Å²) in [7, 11) is 1.91. The molecule has 0 atom stereocenters. The Balaban J connectivity index is 2.48. The van der Waals surface area contributed by atoms with Crippen LogP contribution in [0.1, 0.15) is 32.9 Å². The quantitative estimate of drug-likeness (QED) is 0.758. The Kier molecular flexibility index (Phi) is 3.03. The van der Waals surface area contributed by atoms with Crippen molar-refractivity contribution in [1.29, 1.82) is 0 Å². The van der Waals surface area contributed by atoms with Crippen molar-refractivity contribution in [2.75, 3.05) is 0 Å². The maximum atomic E-state index is 3.87. The van der Waals surface area contributed by atoms with E-state index in [0.717, 1.165) is 18.7 Å². The Bertz CT molecular complexity index is 264. The van der Waals surface area contributed by atoms with Crippen LogP contribution >= 0.6 is 0 Å².